The fraction of sp³-hybridized carbons (Fsp3) is 0.400. The lowest BCUT2D eigenvalue weighted by Crippen LogP contribution is -1.85. The highest BCUT2D eigenvalue weighted by Crippen LogP contribution is 2.34. The highest BCUT2D eigenvalue weighted by atomic mass is 32.2. The van der Waals surface area contributed by atoms with E-state index in [0.717, 1.165) is 4.58 Å². The molecular formula is C10H12S2. The van der Waals surface area contributed by atoms with Crippen molar-refractivity contribution in [3.8, 4) is 0 Å². The molecule has 0 N–H and O–H groups in total. The molecule has 0 bridgehead atoms. The van der Waals surface area contributed by atoms with Gasteiger partial charge in [-0.2, -0.15) is 0 Å². The number of hydrogen-bond acceptors (Lipinski definition) is 2. The average Bonchev–Trinajstić information content (AvgIpc) is 2.29. The van der Waals surface area contributed by atoms with E-state index in [-0.39, 0.29) is 0 Å². The number of hydrogen-bond donors (Lipinski definition) is 0. The first kappa shape index (κ1) is 8.52. The van der Waals surface area contributed by atoms with Gasteiger partial charge in [0.2, 0.25) is 0 Å². The largest absolute Gasteiger partial charge is 0.143 e. The Morgan fingerprint density at radius 2 is 1.58 bits per heavy atom. The standard InChI is InChI=1S/C10H12S2/c1-8-11-6-9-4-2-3-5-10(9)7-12-8/h2-5,8H,6-7H2,1H3. The molecule has 12 heavy (non-hydrogen) atoms. The third-order valence-electron chi connectivity index (χ3n) is 2.07. The van der Waals surface area contributed by atoms with Crippen molar-refractivity contribution < 1.29 is 0 Å². The van der Waals surface area contributed by atoms with Gasteiger partial charge in [0.15, 0.2) is 0 Å². The number of fused-ring (bicyclic) bond motifs is 1. The molecule has 64 valence electrons. The smallest absolute Gasteiger partial charge is 0.0481 e. The Kier molecular flexibility index (Phi) is 2.66. The van der Waals surface area contributed by atoms with E-state index in [9.17, 15) is 0 Å². The van der Waals surface area contributed by atoms with Gasteiger partial charge in [0.25, 0.3) is 0 Å². The fourth-order valence-corrected chi connectivity index (χ4v) is 3.49. The highest BCUT2D eigenvalue weighted by Gasteiger charge is 2.11. The maximum atomic E-state index is 2.29. The normalized spacial score (nSPS) is 18.4. The van der Waals surface area contributed by atoms with E-state index in [2.05, 4.69) is 31.2 Å². The quantitative estimate of drug-likeness (QED) is 0.623. The summed E-state index contributed by atoms with van der Waals surface area (Å²) in [6.45, 7) is 2.29. The van der Waals surface area contributed by atoms with Crippen molar-refractivity contribution in [2.75, 3.05) is 0 Å². The number of rotatable bonds is 0. The predicted octanol–water partition coefficient (Wildman–Crippen LogP) is 3.51. The lowest BCUT2D eigenvalue weighted by Gasteiger charge is -2.03. The van der Waals surface area contributed by atoms with Crippen molar-refractivity contribution in [2.45, 2.75) is 23.0 Å². The zero-order chi connectivity index (χ0) is 8.39. The van der Waals surface area contributed by atoms with E-state index in [1.807, 2.05) is 23.5 Å². The molecule has 0 spiro atoms. The van der Waals surface area contributed by atoms with E-state index in [1.165, 1.54) is 22.6 Å². The van der Waals surface area contributed by atoms with Crippen LogP contribution in [0.4, 0.5) is 0 Å². The topological polar surface area (TPSA) is 0 Å². The van der Waals surface area contributed by atoms with Crippen LogP contribution in [0.1, 0.15) is 18.1 Å². The van der Waals surface area contributed by atoms with Crippen LogP contribution in [0.15, 0.2) is 24.3 Å². The summed E-state index contributed by atoms with van der Waals surface area (Å²) in [7, 11) is 0. The van der Waals surface area contributed by atoms with Crippen molar-refractivity contribution in [1.82, 2.24) is 0 Å². The summed E-state index contributed by atoms with van der Waals surface area (Å²) in [5, 5.41) is 0. The Labute approximate surface area is 82.1 Å². The minimum atomic E-state index is 0.748. The van der Waals surface area contributed by atoms with Crippen LogP contribution in [0.2, 0.25) is 0 Å². The third kappa shape index (κ3) is 1.80. The Morgan fingerprint density at radius 1 is 1.08 bits per heavy atom. The molecule has 0 unspecified atom stereocenters. The SMILES string of the molecule is CC1SCc2ccccc2CS1. The summed E-state index contributed by atoms with van der Waals surface area (Å²) in [6.07, 6.45) is 0. The third-order valence-corrected chi connectivity index (χ3v) is 4.78. The van der Waals surface area contributed by atoms with Gasteiger partial charge < -0.3 is 0 Å². The van der Waals surface area contributed by atoms with Gasteiger partial charge in [-0.15, -0.1) is 23.5 Å². The molecule has 1 aliphatic heterocycles. The zero-order valence-electron chi connectivity index (χ0n) is 7.12. The second kappa shape index (κ2) is 3.75. The van der Waals surface area contributed by atoms with E-state index >= 15 is 0 Å². The number of benzene rings is 1. The molecule has 1 heterocycles. The van der Waals surface area contributed by atoms with Crippen LogP contribution in [0, 0.1) is 0 Å². The molecule has 0 amide bonds. The maximum absolute atomic E-state index is 2.29. The summed E-state index contributed by atoms with van der Waals surface area (Å²) >= 11 is 4.09. The van der Waals surface area contributed by atoms with Gasteiger partial charge in [0, 0.05) is 16.1 Å². The van der Waals surface area contributed by atoms with E-state index in [0.29, 0.717) is 0 Å². The van der Waals surface area contributed by atoms with Gasteiger partial charge in [0.1, 0.15) is 0 Å². The van der Waals surface area contributed by atoms with Crippen molar-refractivity contribution in [1.29, 1.82) is 0 Å². The molecular weight excluding hydrogens is 184 g/mol. The van der Waals surface area contributed by atoms with Crippen molar-refractivity contribution >= 4 is 23.5 Å². The molecule has 0 radical (unpaired) electrons. The van der Waals surface area contributed by atoms with Gasteiger partial charge in [-0.3, -0.25) is 0 Å². The van der Waals surface area contributed by atoms with Crippen LogP contribution in [0.3, 0.4) is 0 Å². The van der Waals surface area contributed by atoms with Gasteiger partial charge in [-0.1, -0.05) is 24.3 Å². The van der Waals surface area contributed by atoms with Gasteiger partial charge in [-0.05, 0) is 18.1 Å². The van der Waals surface area contributed by atoms with Crippen LogP contribution in [0.5, 0.6) is 0 Å². The molecule has 0 saturated heterocycles. The van der Waals surface area contributed by atoms with Crippen molar-refractivity contribution in [3.05, 3.63) is 35.4 Å². The van der Waals surface area contributed by atoms with Gasteiger partial charge in [0.05, 0.1) is 0 Å². The molecule has 0 nitrogen and oxygen atoms in total. The minimum absolute atomic E-state index is 0.748. The molecule has 2 rings (SSSR count). The fourth-order valence-electron chi connectivity index (χ4n) is 1.30. The second-order valence-corrected chi connectivity index (χ2v) is 5.91. The molecule has 0 saturated carbocycles. The van der Waals surface area contributed by atoms with Crippen LogP contribution in [0.25, 0.3) is 0 Å². The first-order valence-corrected chi connectivity index (χ1v) is 6.26. The average molecular weight is 196 g/mol. The van der Waals surface area contributed by atoms with Crippen LogP contribution >= 0.6 is 23.5 Å². The monoisotopic (exact) mass is 196 g/mol. The second-order valence-electron chi connectivity index (χ2n) is 2.96. The summed E-state index contributed by atoms with van der Waals surface area (Å²) < 4.78 is 0.748. The lowest BCUT2D eigenvalue weighted by molar-refractivity contribution is 1.29. The van der Waals surface area contributed by atoms with Gasteiger partial charge in [-0.25, -0.2) is 0 Å². The lowest BCUT2D eigenvalue weighted by atomic mass is 10.1. The molecule has 1 aliphatic rings. The molecule has 1 aromatic rings. The zero-order valence-corrected chi connectivity index (χ0v) is 8.75. The molecule has 2 heteroatoms. The predicted molar refractivity (Wildman–Crippen MR) is 58.5 cm³/mol. The van der Waals surface area contributed by atoms with E-state index < -0.39 is 0 Å². The van der Waals surface area contributed by atoms with Crippen LogP contribution in [-0.4, -0.2) is 4.58 Å². The Hall–Kier alpha value is -0.0800. The Morgan fingerprint density at radius 3 is 2.08 bits per heavy atom. The van der Waals surface area contributed by atoms with Crippen molar-refractivity contribution in [3.63, 3.8) is 0 Å². The summed E-state index contributed by atoms with van der Waals surface area (Å²) in [4.78, 5) is 0. The first-order valence-electron chi connectivity index (χ1n) is 4.16. The maximum Gasteiger partial charge on any atom is 0.0481 e. The molecule has 0 fully saturated rings. The first-order chi connectivity index (χ1) is 5.86. The molecule has 0 atom stereocenters. The molecule has 0 aromatic heterocycles. The van der Waals surface area contributed by atoms with E-state index in [4.69, 9.17) is 0 Å². The summed E-state index contributed by atoms with van der Waals surface area (Å²) in [6, 6.07) is 8.78. The minimum Gasteiger partial charge on any atom is -0.143 e. The van der Waals surface area contributed by atoms with Gasteiger partial charge >= 0.3 is 0 Å². The van der Waals surface area contributed by atoms with E-state index in [1.54, 1.807) is 0 Å². The highest BCUT2D eigenvalue weighted by molar-refractivity contribution is 8.16. The molecule has 1 aromatic carbocycles. The van der Waals surface area contributed by atoms with Crippen molar-refractivity contribution in [2.24, 2.45) is 0 Å². The molecule has 0 aliphatic carbocycles. The number of thioether (sulfide) groups is 2. The summed E-state index contributed by atoms with van der Waals surface area (Å²) in [5.74, 6) is 2.37. The summed E-state index contributed by atoms with van der Waals surface area (Å²) in [5.41, 5.74) is 3.05. The van der Waals surface area contributed by atoms with Crippen LogP contribution < -0.4 is 0 Å². The Balaban J connectivity index is 2.26. The van der Waals surface area contributed by atoms with Crippen LogP contribution in [-0.2, 0) is 11.5 Å². The Bertz CT molecular complexity index is 243.